The van der Waals surface area contributed by atoms with E-state index in [9.17, 15) is 0 Å². The van der Waals surface area contributed by atoms with Gasteiger partial charge in [-0.1, -0.05) is 43.7 Å². The summed E-state index contributed by atoms with van der Waals surface area (Å²) in [6.07, 6.45) is 12.3. The van der Waals surface area contributed by atoms with Crippen molar-refractivity contribution in [1.82, 2.24) is 0 Å². The number of allylic oxidation sites excluding steroid dienone is 5. The molecule has 15 heavy (non-hydrogen) atoms. The Morgan fingerprint density at radius 1 is 1.33 bits per heavy atom. The van der Waals surface area contributed by atoms with E-state index in [1.807, 2.05) is 11.8 Å². The molecule has 0 aliphatic carbocycles. The van der Waals surface area contributed by atoms with Crippen molar-refractivity contribution in [3.8, 4) is 0 Å². The van der Waals surface area contributed by atoms with E-state index in [2.05, 4.69) is 58.3 Å². The maximum Gasteiger partial charge on any atom is 0.0178 e. The molecule has 0 amide bonds. The summed E-state index contributed by atoms with van der Waals surface area (Å²) in [5.41, 5.74) is 2.76. The number of thioether (sulfide) groups is 1. The topological polar surface area (TPSA) is 0 Å². The summed E-state index contributed by atoms with van der Waals surface area (Å²) in [5.74, 6) is 1.85. The molecule has 0 aliphatic rings. The molecule has 0 aromatic heterocycles. The van der Waals surface area contributed by atoms with Gasteiger partial charge >= 0.3 is 0 Å². The van der Waals surface area contributed by atoms with Crippen LogP contribution in [0.5, 0.6) is 0 Å². The highest BCUT2D eigenvalue weighted by atomic mass is 32.2. The van der Waals surface area contributed by atoms with E-state index >= 15 is 0 Å². The van der Waals surface area contributed by atoms with E-state index in [0.29, 0.717) is 0 Å². The van der Waals surface area contributed by atoms with Crippen molar-refractivity contribution in [1.29, 1.82) is 0 Å². The number of hydrogen-bond donors (Lipinski definition) is 0. The van der Waals surface area contributed by atoms with Crippen LogP contribution in [0.25, 0.3) is 0 Å². The van der Waals surface area contributed by atoms with Crippen molar-refractivity contribution in [2.45, 2.75) is 34.1 Å². The minimum atomic E-state index is 0.751. The van der Waals surface area contributed by atoms with Gasteiger partial charge in [-0.15, -0.1) is 0 Å². The van der Waals surface area contributed by atoms with Gasteiger partial charge in [0.15, 0.2) is 0 Å². The lowest BCUT2D eigenvalue weighted by Gasteiger charge is -2.00. The fraction of sp³-hybridized carbons (Fsp3) is 0.571. The van der Waals surface area contributed by atoms with E-state index in [0.717, 1.165) is 11.7 Å². The van der Waals surface area contributed by atoms with Crippen LogP contribution >= 0.6 is 11.8 Å². The van der Waals surface area contributed by atoms with Crippen LogP contribution in [0.4, 0.5) is 0 Å². The zero-order valence-electron chi connectivity index (χ0n) is 10.7. The molecule has 0 fully saturated rings. The Morgan fingerprint density at radius 2 is 2.00 bits per heavy atom. The van der Waals surface area contributed by atoms with Gasteiger partial charge < -0.3 is 0 Å². The van der Waals surface area contributed by atoms with Crippen LogP contribution in [0.15, 0.2) is 35.5 Å². The third-order valence-corrected chi connectivity index (χ3v) is 2.71. The summed E-state index contributed by atoms with van der Waals surface area (Å²) in [5, 5.41) is 0. The van der Waals surface area contributed by atoms with Gasteiger partial charge in [-0.2, -0.15) is 11.8 Å². The van der Waals surface area contributed by atoms with Gasteiger partial charge in [0.25, 0.3) is 0 Å². The van der Waals surface area contributed by atoms with Crippen LogP contribution in [-0.4, -0.2) is 12.0 Å². The van der Waals surface area contributed by atoms with Crippen LogP contribution in [0, 0.1) is 5.92 Å². The lowest BCUT2D eigenvalue weighted by Crippen LogP contribution is -1.84. The van der Waals surface area contributed by atoms with Gasteiger partial charge in [0.2, 0.25) is 0 Å². The SMILES string of the molecule is C/C=C(\C=C(\C)C=CCC(C)C)CSC. The number of hydrogen-bond acceptors (Lipinski definition) is 1. The maximum absolute atomic E-state index is 2.27. The molecule has 0 rings (SSSR count). The summed E-state index contributed by atoms with van der Waals surface area (Å²) in [6, 6.07) is 0. The monoisotopic (exact) mass is 224 g/mol. The Morgan fingerprint density at radius 3 is 2.47 bits per heavy atom. The number of rotatable bonds is 6. The zero-order valence-corrected chi connectivity index (χ0v) is 11.5. The smallest absolute Gasteiger partial charge is 0.0178 e. The molecule has 0 heterocycles. The molecule has 0 saturated heterocycles. The molecule has 0 N–H and O–H groups in total. The molecule has 0 aliphatic heterocycles. The molecule has 0 aromatic rings. The fourth-order valence-corrected chi connectivity index (χ4v) is 1.82. The molecule has 0 unspecified atom stereocenters. The molecule has 0 atom stereocenters. The van der Waals surface area contributed by atoms with E-state index in [-0.39, 0.29) is 0 Å². The second-order valence-corrected chi connectivity index (χ2v) is 5.08. The van der Waals surface area contributed by atoms with Gasteiger partial charge in [0, 0.05) is 5.75 Å². The lowest BCUT2D eigenvalue weighted by atomic mass is 10.1. The van der Waals surface area contributed by atoms with E-state index < -0.39 is 0 Å². The van der Waals surface area contributed by atoms with Crippen LogP contribution in [0.3, 0.4) is 0 Å². The van der Waals surface area contributed by atoms with E-state index in [1.165, 1.54) is 17.6 Å². The first-order valence-corrected chi connectivity index (χ1v) is 6.98. The highest BCUT2D eigenvalue weighted by molar-refractivity contribution is 7.98. The summed E-state index contributed by atoms with van der Waals surface area (Å²) in [4.78, 5) is 0. The minimum absolute atomic E-state index is 0.751. The Balaban J connectivity index is 4.23. The van der Waals surface area contributed by atoms with Gasteiger partial charge in [0.1, 0.15) is 0 Å². The van der Waals surface area contributed by atoms with Crippen molar-refractivity contribution < 1.29 is 0 Å². The third kappa shape index (κ3) is 8.56. The van der Waals surface area contributed by atoms with Crippen molar-refractivity contribution in [3.63, 3.8) is 0 Å². The summed E-state index contributed by atoms with van der Waals surface area (Å²) >= 11 is 1.87. The molecule has 0 aromatic carbocycles. The summed E-state index contributed by atoms with van der Waals surface area (Å²) in [7, 11) is 0. The van der Waals surface area contributed by atoms with Crippen LogP contribution < -0.4 is 0 Å². The first-order valence-electron chi connectivity index (χ1n) is 5.59. The van der Waals surface area contributed by atoms with Crippen LogP contribution in [0.1, 0.15) is 34.1 Å². The Hall–Kier alpha value is -0.430. The second kappa shape index (κ2) is 8.84. The predicted octanol–water partition coefficient (Wildman–Crippen LogP) is 4.84. The highest BCUT2D eigenvalue weighted by Gasteiger charge is 1.91. The molecular formula is C14H24S. The van der Waals surface area contributed by atoms with Gasteiger partial charge in [0.05, 0.1) is 0 Å². The van der Waals surface area contributed by atoms with Crippen LogP contribution in [0.2, 0.25) is 0 Å². The predicted molar refractivity (Wildman–Crippen MR) is 74.5 cm³/mol. The molecule has 0 nitrogen and oxygen atoms in total. The molecule has 86 valence electrons. The zero-order chi connectivity index (χ0) is 11.7. The summed E-state index contributed by atoms with van der Waals surface area (Å²) in [6.45, 7) is 8.76. The average molecular weight is 224 g/mol. The van der Waals surface area contributed by atoms with Crippen molar-refractivity contribution >= 4 is 11.8 Å². The normalized spacial score (nSPS) is 14.3. The standard InChI is InChI=1S/C14H24S/c1-6-14(11-15-5)10-13(4)9-7-8-12(2)3/h6-7,9-10,12H,8,11H2,1-5H3/b9-7?,13-10-,14-6+. The largest absolute Gasteiger partial charge is 0.161 e. The average Bonchev–Trinajstić information content (AvgIpc) is 2.16. The van der Waals surface area contributed by atoms with Crippen molar-refractivity contribution in [2.75, 3.05) is 12.0 Å². The molecule has 0 bridgehead atoms. The van der Waals surface area contributed by atoms with E-state index in [1.54, 1.807) is 0 Å². The fourth-order valence-electron chi connectivity index (χ4n) is 1.24. The van der Waals surface area contributed by atoms with Gasteiger partial charge in [-0.05, 0) is 38.0 Å². The van der Waals surface area contributed by atoms with Crippen molar-refractivity contribution in [3.05, 3.63) is 35.5 Å². The van der Waals surface area contributed by atoms with E-state index in [4.69, 9.17) is 0 Å². The Bertz CT molecular complexity index is 244. The molecule has 1 heteroatoms. The minimum Gasteiger partial charge on any atom is -0.161 e. The van der Waals surface area contributed by atoms with Gasteiger partial charge in [-0.25, -0.2) is 0 Å². The Kier molecular flexibility index (Phi) is 8.59. The summed E-state index contributed by atoms with van der Waals surface area (Å²) < 4.78 is 0. The lowest BCUT2D eigenvalue weighted by molar-refractivity contribution is 0.663. The molecule has 0 radical (unpaired) electrons. The molecule has 0 spiro atoms. The first-order chi connectivity index (χ1) is 7.10. The van der Waals surface area contributed by atoms with Gasteiger partial charge in [-0.3, -0.25) is 0 Å². The highest BCUT2D eigenvalue weighted by Crippen LogP contribution is 2.10. The Labute approximate surface area is 99.5 Å². The third-order valence-electron chi connectivity index (χ3n) is 2.08. The quantitative estimate of drug-likeness (QED) is 0.581. The van der Waals surface area contributed by atoms with Crippen LogP contribution in [-0.2, 0) is 0 Å². The maximum atomic E-state index is 2.27. The molecule has 0 saturated carbocycles. The molecular weight excluding hydrogens is 200 g/mol. The van der Waals surface area contributed by atoms with Crippen molar-refractivity contribution in [2.24, 2.45) is 5.92 Å². The first kappa shape index (κ1) is 14.6. The second-order valence-electron chi connectivity index (χ2n) is 4.22.